The molecule has 3 aromatic rings. The Bertz CT molecular complexity index is 1420. The number of nitrogens with zero attached hydrogens (tertiary/aromatic N) is 3. The fraction of sp³-hybridized carbons (Fsp3) is 0.346. The Morgan fingerprint density at radius 1 is 1.22 bits per heavy atom. The lowest BCUT2D eigenvalue weighted by Gasteiger charge is -2.34. The molecule has 0 bridgehead atoms. The zero-order valence-electron chi connectivity index (χ0n) is 21.1. The van der Waals surface area contributed by atoms with Crippen LogP contribution in [0.3, 0.4) is 0 Å². The number of amides is 1. The lowest BCUT2D eigenvalue weighted by molar-refractivity contribution is 0.0981. The second kappa shape index (κ2) is 9.42. The number of nitrogen functional groups attached to an aromatic ring is 1. The van der Waals surface area contributed by atoms with Gasteiger partial charge < -0.3 is 15.4 Å². The van der Waals surface area contributed by atoms with Crippen LogP contribution in [0.4, 0.5) is 11.6 Å². The highest BCUT2D eigenvalue weighted by Gasteiger charge is 2.39. The van der Waals surface area contributed by atoms with Crippen molar-refractivity contribution in [3.05, 3.63) is 59.8 Å². The van der Waals surface area contributed by atoms with Crippen LogP contribution in [0.1, 0.15) is 43.1 Å². The van der Waals surface area contributed by atoms with Crippen LogP contribution in [0.5, 0.6) is 5.75 Å². The van der Waals surface area contributed by atoms with Crippen LogP contribution in [-0.4, -0.2) is 43.5 Å². The predicted octanol–water partition coefficient (Wildman–Crippen LogP) is 3.79. The van der Waals surface area contributed by atoms with Gasteiger partial charge in [-0.3, -0.25) is 4.79 Å². The molecule has 0 aliphatic carbocycles. The summed E-state index contributed by atoms with van der Waals surface area (Å²) in [4.78, 5) is 23.9. The van der Waals surface area contributed by atoms with Crippen molar-refractivity contribution in [2.24, 2.45) is 5.92 Å². The van der Waals surface area contributed by atoms with Crippen molar-refractivity contribution < 1.29 is 17.9 Å². The Balaban J connectivity index is 1.79. The molecule has 10 heteroatoms. The average Bonchev–Trinajstić information content (AvgIpc) is 3.10. The molecule has 190 valence electrons. The number of hydrogen-bond donors (Lipinski definition) is 2. The number of nitrogens with one attached hydrogen (secondary N) is 1. The number of ether oxygens (including phenoxy) is 1. The maximum Gasteiger partial charge on any atom is 0.268 e. The number of methoxy groups -OCH3 is 1. The fourth-order valence-electron chi connectivity index (χ4n) is 4.85. The largest absolute Gasteiger partial charge is 0.496 e. The van der Waals surface area contributed by atoms with E-state index in [2.05, 4.69) is 35.4 Å². The molecule has 1 aromatic carbocycles. The molecule has 1 amide bonds. The van der Waals surface area contributed by atoms with Crippen LogP contribution >= 0.6 is 0 Å². The van der Waals surface area contributed by atoms with Gasteiger partial charge in [-0.2, -0.15) is 0 Å². The van der Waals surface area contributed by atoms with Gasteiger partial charge in [0.25, 0.3) is 15.9 Å². The summed E-state index contributed by atoms with van der Waals surface area (Å²) in [6, 6.07) is 11.8. The second-order valence-electron chi connectivity index (χ2n) is 9.81. The molecule has 4 rings (SSSR count). The van der Waals surface area contributed by atoms with Crippen molar-refractivity contribution >= 4 is 27.6 Å². The first-order valence-corrected chi connectivity index (χ1v) is 13.1. The molecular formula is C26H31N5O4S. The summed E-state index contributed by atoms with van der Waals surface area (Å²) in [6.07, 6.45) is 2.29. The first-order valence-electron chi connectivity index (χ1n) is 11.6. The normalized spacial score (nSPS) is 17.1. The Morgan fingerprint density at radius 2 is 1.97 bits per heavy atom. The number of aromatic nitrogens is 2. The lowest BCUT2D eigenvalue weighted by atomic mass is 9.97. The smallest absolute Gasteiger partial charge is 0.268 e. The van der Waals surface area contributed by atoms with E-state index in [1.165, 1.54) is 18.3 Å². The summed E-state index contributed by atoms with van der Waals surface area (Å²) in [6.45, 7) is 8.97. The van der Waals surface area contributed by atoms with E-state index in [4.69, 9.17) is 15.5 Å². The Labute approximate surface area is 211 Å². The molecule has 36 heavy (non-hydrogen) atoms. The van der Waals surface area contributed by atoms with E-state index >= 15 is 0 Å². The molecule has 0 radical (unpaired) electrons. The minimum atomic E-state index is -4.24. The first kappa shape index (κ1) is 25.4. The molecule has 0 saturated carbocycles. The van der Waals surface area contributed by atoms with Crippen LogP contribution in [0, 0.1) is 12.8 Å². The number of pyridine rings is 2. The van der Waals surface area contributed by atoms with Crippen LogP contribution < -0.4 is 20.1 Å². The third-order valence-electron chi connectivity index (χ3n) is 6.46. The molecule has 0 unspecified atom stereocenters. The summed E-state index contributed by atoms with van der Waals surface area (Å²) in [7, 11) is -2.62. The van der Waals surface area contributed by atoms with Gasteiger partial charge in [0.1, 0.15) is 22.3 Å². The molecular weight excluding hydrogens is 478 g/mol. The predicted molar refractivity (Wildman–Crippen MR) is 139 cm³/mol. The Hall–Kier alpha value is -3.66. The number of sulfonamides is 1. The molecule has 1 aliphatic rings. The van der Waals surface area contributed by atoms with Crippen LogP contribution in [0.2, 0.25) is 0 Å². The van der Waals surface area contributed by atoms with Gasteiger partial charge >= 0.3 is 0 Å². The van der Waals surface area contributed by atoms with Gasteiger partial charge in [0.05, 0.1) is 18.4 Å². The van der Waals surface area contributed by atoms with Crippen LogP contribution in [0.15, 0.2) is 53.6 Å². The summed E-state index contributed by atoms with van der Waals surface area (Å²) >= 11 is 0. The van der Waals surface area contributed by atoms with Gasteiger partial charge in [-0.1, -0.05) is 6.92 Å². The van der Waals surface area contributed by atoms with Crippen molar-refractivity contribution in [3.63, 3.8) is 0 Å². The number of rotatable bonds is 6. The molecule has 3 heterocycles. The molecule has 1 saturated heterocycles. The minimum Gasteiger partial charge on any atom is -0.496 e. The van der Waals surface area contributed by atoms with E-state index in [0.717, 1.165) is 23.3 Å². The van der Waals surface area contributed by atoms with E-state index < -0.39 is 15.9 Å². The Morgan fingerprint density at radius 3 is 2.58 bits per heavy atom. The van der Waals surface area contributed by atoms with Crippen molar-refractivity contribution in [2.45, 2.75) is 44.6 Å². The van der Waals surface area contributed by atoms with E-state index in [9.17, 15) is 13.2 Å². The highest BCUT2D eigenvalue weighted by molar-refractivity contribution is 7.90. The molecule has 3 N–H and O–H groups in total. The summed E-state index contributed by atoms with van der Waals surface area (Å²) in [5, 5.41) is 0. The summed E-state index contributed by atoms with van der Waals surface area (Å²) in [5.74, 6) is 0.611. The number of benzene rings is 1. The summed E-state index contributed by atoms with van der Waals surface area (Å²) in [5.41, 5.74) is 8.12. The minimum absolute atomic E-state index is 0.164. The SMILES string of the molecule is COc1ccc(-c2ccc(C(=O)NS(=O)(=O)c3cccnc3N)c(N3C[C@@H](C)CC3(C)C)n2)cc1C. The van der Waals surface area contributed by atoms with Gasteiger partial charge in [0.2, 0.25) is 0 Å². The zero-order valence-corrected chi connectivity index (χ0v) is 21.9. The highest BCUT2D eigenvalue weighted by Crippen LogP contribution is 2.38. The van der Waals surface area contributed by atoms with Crippen molar-refractivity contribution in [1.29, 1.82) is 0 Å². The molecule has 1 atom stereocenters. The first-order chi connectivity index (χ1) is 16.9. The molecule has 9 nitrogen and oxygen atoms in total. The second-order valence-corrected chi connectivity index (χ2v) is 11.5. The van der Waals surface area contributed by atoms with Crippen molar-refractivity contribution in [1.82, 2.24) is 14.7 Å². The Kier molecular flexibility index (Phi) is 6.66. The van der Waals surface area contributed by atoms with Crippen molar-refractivity contribution in [3.8, 4) is 17.0 Å². The van der Waals surface area contributed by atoms with E-state index in [1.54, 1.807) is 19.2 Å². The number of anilines is 2. The summed E-state index contributed by atoms with van der Waals surface area (Å²) < 4.78 is 33.4. The van der Waals surface area contributed by atoms with E-state index in [-0.39, 0.29) is 21.8 Å². The zero-order chi connectivity index (χ0) is 26.3. The number of carbonyl (C=O) groups is 1. The van der Waals surface area contributed by atoms with Crippen LogP contribution in [0.25, 0.3) is 11.3 Å². The van der Waals surface area contributed by atoms with E-state index in [1.807, 2.05) is 25.1 Å². The number of carbonyl (C=O) groups excluding carboxylic acids is 1. The van der Waals surface area contributed by atoms with Gasteiger partial charge in [0, 0.05) is 23.8 Å². The molecule has 2 aromatic heterocycles. The standard InChI is InChI=1S/C26H31N5O4S/c1-16-14-26(3,4)31(15-16)24-19(25(32)30-36(33,34)22-7-6-12-28-23(22)27)9-10-20(29-24)18-8-11-21(35-5)17(2)13-18/h6-13,16H,14-15H2,1-5H3,(H2,27,28)(H,30,32)/t16-/m0/s1. The average molecular weight is 510 g/mol. The van der Waals surface area contributed by atoms with Crippen LogP contribution in [-0.2, 0) is 10.0 Å². The molecule has 1 aliphatic heterocycles. The maximum absolute atomic E-state index is 13.4. The third-order valence-corrected chi connectivity index (χ3v) is 7.83. The maximum atomic E-state index is 13.4. The third kappa shape index (κ3) is 4.86. The lowest BCUT2D eigenvalue weighted by Crippen LogP contribution is -2.41. The molecule has 1 fully saturated rings. The number of aryl methyl sites for hydroxylation is 1. The van der Waals surface area contributed by atoms with Gasteiger partial charge in [-0.15, -0.1) is 0 Å². The van der Waals surface area contributed by atoms with Crippen molar-refractivity contribution in [2.75, 3.05) is 24.3 Å². The quantitative estimate of drug-likeness (QED) is 0.514. The topological polar surface area (TPSA) is 128 Å². The van der Waals surface area contributed by atoms with E-state index in [0.29, 0.717) is 24.0 Å². The fourth-order valence-corrected chi connectivity index (χ4v) is 5.90. The number of hydrogen-bond acceptors (Lipinski definition) is 8. The number of nitrogens with two attached hydrogens (primary N) is 1. The van der Waals surface area contributed by atoms with Gasteiger partial charge in [-0.25, -0.2) is 23.1 Å². The monoisotopic (exact) mass is 509 g/mol. The van der Waals surface area contributed by atoms with Gasteiger partial charge in [0.15, 0.2) is 0 Å². The molecule has 0 spiro atoms. The van der Waals surface area contributed by atoms with Gasteiger partial charge in [-0.05, 0) is 81.1 Å². The highest BCUT2D eigenvalue weighted by atomic mass is 32.2.